The van der Waals surface area contributed by atoms with Gasteiger partial charge in [0, 0.05) is 14.2 Å². The second-order valence-corrected chi connectivity index (χ2v) is 3.37. The number of nitrogens with two attached hydrogens (primary N) is 1. The van der Waals surface area contributed by atoms with E-state index in [0.29, 0.717) is 0 Å². The molecule has 0 aromatic heterocycles. The van der Waals surface area contributed by atoms with Crippen LogP contribution in [0.4, 0.5) is 4.79 Å². The van der Waals surface area contributed by atoms with E-state index in [1.807, 2.05) is 0 Å². The van der Waals surface area contributed by atoms with Gasteiger partial charge in [0.15, 0.2) is 0 Å². The number of carbonyl (C=O) groups is 1. The van der Waals surface area contributed by atoms with Crippen molar-refractivity contribution in [3.63, 3.8) is 0 Å². The normalized spacial score (nSPS) is 11.3. The van der Waals surface area contributed by atoms with Crippen molar-refractivity contribution in [3.05, 3.63) is 0 Å². The monoisotopic (exact) mass is 153 g/mol. The molecule has 0 saturated heterocycles. The minimum absolute atomic E-state index is 1.08. The summed E-state index contributed by atoms with van der Waals surface area (Å²) in [5, 5.41) is 0. The summed E-state index contributed by atoms with van der Waals surface area (Å²) in [5.74, 6) is 0. The fourth-order valence-electron chi connectivity index (χ4n) is 0.254. The van der Waals surface area contributed by atoms with Gasteiger partial charge in [-0.15, -0.1) is 0 Å². The molecule has 0 fully saturated rings. The molecule has 0 aliphatic carbocycles. The van der Waals surface area contributed by atoms with E-state index in [0.717, 1.165) is 14.2 Å². The fourth-order valence-corrected chi connectivity index (χ4v) is 0.763. The Labute approximate surface area is 52.7 Å². The maximum Gasteiger partial charge on any atom is 0.417 e. The van der Waals surface area contributed by atoms with Gasteiger partial charge in [0.25, 0.3) is 0 Å². The van der Waals surface area contributed by atoms with Crippen LogP contribution in [0.2, 0.25) is 0 Å². The quantitative estimate of drug-likeness (QED) is 0.600. The van der Waals surface area contributed by atoms with Crippen LogP contribution in [0, 0.1) is 0 Å². The maximum absolute atomic E-state index is 10.7. The minimum atomic E-state index is -3.61. The van der Waals surface area contributed by atoms with E-state index in [1.165, 1.54) is 0 Å². The lowest BCUT2D eigenvalue weighted by atomic mass is 11.5. The van der Waals surface area contributed by atoms with Crippen molar-refractivity contribution < 1.29 is 18.4 Å². The zero-order chi connectivity index (χ0) is 7.49. The molecule has 2 N–H and O–H groups in total. The van der Waals surface area contributed by atoms with Gasteiger partial charge in [0.1, 0.15) is 0 Å². The third-order valence-corrected chi connectivity index (χ3v) is 2.25. The maximum atomic E-state index is 10.7. The summed E-state index contributed by atoms with van der Waals surface area (Å²) in [5.41, 5.74) is 3.56. The Kier molecular flexibility index (Phi) is 2.84. The van der Waals surface area contributed by atoms with Crippen molar-refractivity contribution in [2.45, 2.75) is 0 Å². The Morgan fingerprint density at radius 3 is 1.78 bits per heavy atom. The zero-order valence-electron chi connectivity index (χ0n) is 5.16. The first kappa shape index (κ1) is 8.62. The van der Waals surface area contributed by atoms with E-state index < -0.39 is 13.2 Å². The highest BCUT2D eigenvalue weighted by atomic mass is 31.2. The van der Waals surface area contributed by atoms with Gasteiger partial charge in [-0.1, -0.05) is 0 Å². The number of rotatable bonds is 3. The van der Waals surface area contributed by atoms with Crippen LogP contribution >= 0.6 is 7.60 Å². The largest absolute Gasteiger partial charge is 0.417 e. The molecule has 5 nitrogen and oxygen atoms in total. The van der Waals surface area contributed by atoms with Crippen LogP contribution < -0.4 is 5.73 Å². The molecule has 0 rings (SSSR count). The topological polar surface area (TPSA) is 78.6 Å². The first-order valence-corrected chi connectivity index (χ1v) is 3.62. The molecule has 0 aliphatic rings. The number of carbonyl (C=O) groups excluding carboxylic acids is 1. The summed E-state index contributed by atoms with van der Waals surface area (Å²) < 4.78 is 19.1. The molecule has 0 heterocycles. The van der Waals surface area contributed by atoms with Crippen LogP contribution in [0.3, 0.4) is 0 Å². The highest BCUT2D eigenvalue weighted by Gasteiger charge is 2.28. The van der Waals surface area contributed by atoms with Gasteiger partial charge < -0.3 is 14.8 Å². The van der Waals surface area contributed by atoms with Crippen LogP contribution in [0.1, 0.15) is 0 Å². The summed E-state index contributed by atoms with van der Waals surface area (Å²) in [7, 11) is -1.43. The molecule has 9 heavy (non-hydrogen) atoms. The fraction of sp³-hybridized carbons (Fsp3) is 0.667. The molecule has 0 aromatic rings. The highest BCUT2D eigenvalue weighted by Crippen LogP contribution is 2.45. The Morgan fingerprint density at radius 1 is 1.44 bits per heavy atom. The third kappa shape index (κ3) is 1.78. The van der Waals surface area contributed by atoms with Crippen molar-refractivity contribution >= 4 is 13.2 Å². The first-order chi connectivity index (χ1) is 4.06. The van der Waals surface area contributed by atoms with Crippen LogP contribution in [0.25, 0.3) is 0 Å². The standard InChI is InChI=1S/C3H8NO4P/c1-7-9(6,8-2)3(4)5/h1-2H3,(H2,4,5). The minimum Gasteiger partial charge on any atom is -0.359 e. The van der Waals surface area contributed by atoms with Crippen LogP contribution in [0.5, 0.6) is 0 Å². The molecular weight excluding hydrogens is 145 g/mol. The Bertz CT molecular complexity index is 148. The molecule has 0 spiro atoms. The predicted molar refractivity (Wildman–Crippen MR) is 31.2 cm³/mol. The van der Waals surface area contributed by atoms with Crippen LogP contribution in [-0.2, 0) is 13.6 Å². The Balaban J connectivity index is 4.30. The molecule has 0 unspecified atom stereocenters. The van der Waals surface area contributed by atoms with E-state index in [4.69, 9.17) is 0 Å². The van der Waals surface area contributed by atoms with Gasteiger partial charge in [0.05, 0.1) is 0 Å². The molecule has 54 valence electrons. The second kappa shape index (κ2) is 2.96. The van der Waals surface area contributed by atoms with E-state index >= 15 is 0 Å². The smallest absolute Gasteiger partial charge is 0.359 e. The van der Waals surface area contributed by atoms with Crippen molar-refractivity contribution in [1.82, 2.24) is 0 Å². The molecule has 0 bridgehead atoms. The van der Waals surface area contributed by atoms with Gasteiger partial charge in [-0.2, -0.15) is 0 Å². The van der Waals surface area contributed by atoms with Gasteiger partial charge in [0.2, 0.25) is 0 Å². The number of hydrogen-bond acceptors (Lipinski definition) is 4. The average molecular weight is 153 g/mol. The SMILES string of the molecule is COP(=O)(OC)C(N)=O. The van der Waals surface area contributed by atoms with Crippen molar-refractivity contribution in [2.75, 3.05) is 14.2 Å². The molecule has 1 amide bonds. The number of hydrogen-bond donors (Lipinski definition) is 1. The third-order valence-electron chi connectivity index (χ3n) is 0.751. The number of amides is 1. The van der Waals surface area contributed by atoms with Gasteiger partial charge in [-0.3, -0.25) is 4.79 Å². The van der Waals surface area contributed by atoms with E-state index in [-0.39, 0.29) is 0 Å². The lowest BCUT2D eigenvalue weighted by molar-refractivity contribution is 0.240. The second-order valence-electron chi connectivity index (χ2n) is 1.20. The molecule has 0 saturated carbocycles. The summed E-state index contributed by atoms with van der Waals surface area (Å²) in [6.07, 6.45) is 0. The lowest BCUT2D eigenvalue weighted by Gasteiger charge is -2.06. The zero-order valence-corrected chi connectivity index (χ0v) is 6.05. The van der Waals surface area contributed by atoms with Gasteiger partial charge in [-0.25, -0.2) is 4.57 Å². The number of primary amides is 1. The molecule has 0 atom stereocenters. The van der Waals surface area contributed by atoms with E-state index in [9.17, 15) is 9.36 Å². The summed E-state index contributed by atoms with van der Waals surface area (Å²) in [6.45, 7) is 0. The summed E-state index contributed by atoms with van der Waals surface area (Å²) in [6, 6.07) is 0. The molecule has 0 radical (unpaired) electrons. The average Bonchev–Trinajstić information content (AvgIpc) is 1.86. The van der Waals surface area contributed by atoms with Crippen molar-refractivity contribution in [2.24, 2.45) is 5.73 Å². The first-order valence-electron chi connectivity index (χ1n) is 2.08. The highest BCUT2D eigenvalue weighted by molar-refractivity contribution is 7.71. The van der Waals surface area contributed by atoms with E-state index in [1.54, 1.807) is 0 Å². The molecular formula is C3H8NO4P. The predicted octanol–water partition coefficient (Wildman–Crippen LogP) is 0.551. The van der Waals surface area contributed by atoms with Gasteiger partial charge >= 0.3 is 13.2 Å². The Hall–Kier alpha value is -0.380. The van der Waals surface area contributed by atoms with Gasteiger partial charge in [-0.05, 0) is 0 Å². The van der Waals surface area contributed by atoms with Crippen LogP contribution in [-0.4, -0.2) is 19.9 Å². The molecule has 0 aliphatic heterocycles. The van der Waals surface area contributed by atoms with Crippen LogP contribution in [0.15, 0.2) is 0 Å². The summed E-state index contributed by atoms with van der Waals surface area (Å²) >= 11 is 0. The summed E-state index contributed by atoms with van der Waals surface area (Å²) in [4.78, 5) is 10.2. The van der Waals surface area contributed by atoms with E-state index in [2.05, 4.69) is 14.8 Å². The Morgan fingerprint density at radius 2 is 1.78 bits per heavy atom. The molecule has 0 aromatic carbocycles. The molecule has 6 heteroatoms. The van der Waals surface area contributed by atoms with Crippen molar-refractivity contribution in [1.29, 1.82) is 0 Å². The van der Waals surface area contributed by atoms with Crippen molar-refractivity contribution in [3.8, 4) is 0 Å². The lowest BCUT2D eigenvalue weighted by Crippen LogP contribution is -2.11.